The third kappa shape index (κ3) is 5.36. The molecule has 0 saturated heterocycles. The summed E-state index contributed by atoms with van der Waals surface area (Å²) < 4.78 is 4.92. The monoisotopic (exact) mass is 332 g/mol. The highest BCUT2D eigenvalue weighted by atomic mass is 35.5. The fourth-order valence-electron chi connectivity index (χ4n) is 2.22. The number of nitrogens with one attached hydrogen (secondary N) is 2. The highest BCUT2D eigenvalue weighted by Gasteiger charge is 2.06. The molecule has 1 amide bonds. The molecular formula is C18H21ClN2O2. The van der Waals surface area contributed by atoms with E-state index in [4.69, 9.17) is 16.3 Å². The maximum Gasteiger partial charge on any atom is 0.238 e. The Hall–Kier alpha value is -1.88. The molecule has 2 N–H and O–H groups in total. The van der Waals surface area contributed by atoms with Crippen LogP contribution in [0.5, 0.6) is 0 Å². The number of ether oxygens (including phenoxy) is 1. The van der Waals surface area contributed by atoms with Crippen molar-refractivity contribution >= 4 is 23.2 Å². The molecule has 4 nitrogen and oxygen atoms in total. The number of methoxy groups -OCH3 is 1. The summed E-state index contributed by atoms with van der Waals surface area (Å²) in [4.78, 5) is 11.9. The second-order valence-electron chi connectivity index (χ2n) is 5.26. The van der Waals surface area contributed by atoms with E-state index in [-0.39, 0.29) is 12.5 Å². The molecule has 0 spiro atoms. The van der Waals surface area contributed by atoms with Gasteiger partial charge in [-0.05, 0) is 47.9 Å². The van der Waals surface area contributed by atoms with Crippen LogP contribution in [0.4, 0.5) is 5.69 Å². The molecule has 0 aliphatic carbocycles. The van der Waals surface area contributed by atoms with Gasteiger partial charge in [-0.1, -0.05) is 29.8 Å². The first-order valence-corrected chi connectivity index (χ1v) is 7.84. The molecule has 0 unspecified atom stereocenters. The molecule has 2 rings (SSSR count). The van der Waals surface area contributed by atoms with Crippen molar-refractivity contribution in [2.24, 2.45) is 0 Å². The molecule has 0 heterocycles. The number of anilines is 1. The van der Waals surface area contributed by atoms with Crippen LogP contribution in [-0.4, -0.2) is 32.7 Å². The molecule has 5 heteroatoms. The quantitative estimate of drug-likeness (QED) is 0.763. The van der Waals surface area contributed by atoms with Crippen LogP contribution in [0.25, 0.3) is 11.1 Å². The first-order chi connectivity index (χ1) is 11.1. The Morgan fingerprint density at radius 3 is 2.65 bits per heavy atom. The van der Waals surface area contributed by atoms with Crippen LogP contribution < -0.4 is 10.6 Å². The van der Waals surface area contributed by atoms with E-state index >= 15 is 0 Å². The Labute approximate surface area is 141 Å². The van der Waals surface area contributed by atoms with Gasteiger partial charge in [-0.15, -0.1) is 0 Å². The highest BCUT2D eigenvalue weighted by molar-refractivity contribution is 6.30. The van der Waals surface area contributed by atoms with Crippen molar-refractivity contribution in [3.8, 4) is 11.1 Å². The number of hydrogen-bond donors (Lipinski definition) is 2. The van der Waals surface area contributed by atoms with E-state index in [1.165, 1.54) is 0 Å². The lowest BCUT2D eigenvalue weighted by Gasteiger charge is -2.11. The molecule has 0 fully saturated rings. The number of carbonyl (C=O) groups excluding carboxylic acids is 1. The van der Waals surface area contributed by atoms with Crippen LogP contribution in [0.15, 0.2) is 42.5 Å². The molecule has 0 saturated carbocycles. The van der Waals surface area contributed by atoms with E-state index in [2.05, 4.69) is 10.6 Å². The predicted octanol–water partition coefficient (Wildman–Crippen LogP) is 3.49. The summed E-state index contributed by atoms with van der Waals surface area (Å²) in [6.07, 6.45) is 0. The van der Waals surface area contributed by atoms with Crippen molar-refractivity contribution in [2.75, 3.05) is 32.1 Å². The summed E-state index contributed by atoms with van der Waals surface area (Å²) in [6.45, 7) is 3.47. The highest BCUT2D eigenvalue weighted by Crippen LogP contribution is 2.26. The number of aryl methyl sites for hydroxylation is 1. The molecule has 0 atom stereocenters. The van der Waals surface area contributed by atoms with E-state index in [1.807, 2.05) is 49.4 Å². The summed E-state index contributed by atoms with van der Waals surface area (Å²) in [5.41, 5.74) is 3.95. The first-order valence-electron chi connectivity index (χ1n) is 7.46. The minimum atomic E-state index is -0.0697. The molecule has 122 valence electrons. The van der Waals surface area contributed by atoms with E-state index in [0.29, 0.717) is 18.2 Å². The van der Waals surface area contributed by atoms with Gasteiger partial charge in [0.1, 0.15) is 0 Å². The van der Waals surface area contributed by atoms with Gasteiger partial charge in [0.05, 0.1) is 13.2 Å². The smallest absolute Gasteiger partial charge is 0.238 e. The number of hydrogen-bond acceptors (Lipinski definition) is 3. The van der Waals surface area contributed by atoms with Gasteiger partial charge in [-0.3, -0.25) is 4.79 Å². The topological polar surface area (TPSA) is 50.4 Å². The molecule has 2 aromatic rings. The van der Waals surface area contributed by atoms with E-state index < -0.39 is 0 Å². The second kappa shape index (κ2) is 8.67. The van der Waals surface area contributed by atoms with E-state index in [9.17, 15) is 4.79 Å². The van der Waals surface area contributed by atoms with Crippen molar-refractivity contribution in [1.82, 2.24) is 5.32 Å². The van der Waals surface area contributed by atoms with Gasteiger partial charge >= 0.3 is 0 Å². The van der Waals surface area contributed by atoms with Crippen molar-refractivity contribution in [2.45, 2.75) is 6.92 Å². The normalized spacial score (nSPS) is 10.6. The second-order valence-corrected chi connectivity index (χ2v) is 5.69. The van der Waals surface area contributed by atoms with Gasteiger partial charge in [0, 0.05) is 24.4 Å². The van der Waals surface area contributed by atoms with Crippen LogP contribution in [-0.2, 0) is 9.53 Å². The molecular weight excluding hydrogens is 312 g/mol. The third-order valence-electron chi connectivity index (χ3n) is 3.43. The Bertz CT molecular complexity index is 674. The summed E-state index contributed by atoms with van der Waals surface area (Å²) in [5.74, 6) is -0.0697. The van der Waals surface area contributed by atoms with Gasteiger partial charge in [0.15, 0.2) is 0 Å². The van der Waals surface area contributed by atoms with Crippen LogP contribution in [0.2, 0.25) is 5.02 Å². The Kier molecular flexibility index (Phi) is 6.59. The van der Waals surface area contributed by atoms with Crippen molar-refractivity contribution in [3.63, 3.8) is 0 Å². The SMILES string of the molecule is COCCNCC(=O)Nc1ccc(-c2cccc(Cl)c2)cc1C. The molecule has 0 aliphatic heterocycles. The summed E-state index contributed by atoms with van der Waals surface area (Å²) >= 11 is 6.03. The average molecular weight is 333 g/mol. The maximum absolute atomic E-state index is 11.9. The van der Waals surface area contributed by atoms with E-state index in [0.717, 1.165) is 22.4 Å². The van der Waals surface area contributed by atoms with Gasteiger partial charge in [0.2, 0.25) is 5.91 Å². The van der Waals surface area contributed by atoms with Gasteiger partial charge in [-0.25, -0.2) is 0 Å². The Morgan fingerprint density at radius 2 is 1.96 bits per heavy atom. The summed E-state index contributed by atoms with van der Waals surface area (Å²) in [7, 11) is 1.63. The van der Waals surface area contributed by atoms with Crippen molar-refractivity contribution < 1.29 is 9.53 Å². The number of carbonyl (C=O) groups is 1. The van der Waals surface area contributed by atoms with Crippen molar-refractivity contribution in [3.05, 3.63) is 53.1 Å². The molecule has 23 heavy (non-hydrogen) atoms. The molecule has 0 radical (unpaired) electrons. The zero-order chi connectivity index (χ0) is 16.7. The average Bonchev–Trinajstić information content (AvgIpc) is 2.53. The fraction of sp³-hybridized carbons (Fsp3) is 0.278. The molecule has 0 aromatic heterocycles. The number of halogens is 1. The molecule has 2 aromatic carbocycles. The van der Waals surface area contributed by atoms with Gasteiger partial charge < -0.3 is 15.4 Å². The maximum atomic E-state index is 11.9. The lowest BCUT2D eigenvalue weighted by molar-refractivity contribution is -0.115. The van der Waals surface area contributed by atoms with Gasteiger partial charge in [-0.2, -0.15) is 0 Å². The lowest BCUT2D eigenvalue weighted by Crippen LogP contribution is -2.30. The lowest BCUT2D eigenvalue weighted by atomic mass is 10.0. The zero-order valence-corrected chi connectivity index (χ0v) is 14.1. The fourth-order valence-corrected chi connectivity index (χ4v) is 2.41. The first kappa shape index (κ1) is 17.5. The van der Waals surface area contributed by atoms with Crippen LogP contribution >= 0.6 is 11.6 Å². The van der Waals surface area contributed by atoms with Gasteiger partial charge in [0.25, 0.3) is 0 Å². The number of amides is 1. The minimum Gasteiger partial charge on any atom is -0.383 e. The minimum absolute atomic E-state index is 0.0697. The predicted molar refractivity (Wildman–Crippen MR) is 95.0 cm³/mol. The molecule has 0 bridgehead atoms. The van der Waals surface area contributed by atoms with Crippen LogP contribution in [0.3, 0.4) is 0 Å². The van der Waals surface area contributed by atoms with Crippen LogP contribution in [0.1, 0.15) is 5.56 Å². The zero-order valence-electron chi connectivity index (χ0n) is 13.4. The molecule has 0 aliphatic rings. The number of rotatable bonds is 7. The number of benzene rings is 2. The largest absolute Gasteiger partial charge is 0.383 e. The summed E-state index contributed by atoms with van der Waals surface area (Å²) in [5, 5.41) is 6.63. The van der Waals surface area contributed by atoms with Crippen LogP contribution in [0, 0.1) is 6.92 Å². The van der Waals surface area contributed by atoms with E-state index in [1.54, 1.807) is 7.11 Å². The Morgan fingerprint density at radius 1 is 1.17 bits per heavy atom. The summed E-state index contributed by atoms with van der Waals surface area (Å²) in [6, 6.07) is 13.6. The van der Waals surface area contributed by atoms with Crippen molar-refractivity contribution in [1.29, 1.82) is 0 Å². The standard InChI is InChI=1S/C18H21ClN2O2/c1-13-10-15(14-4-3-5-16(19)11-14)6-7-17(13)21-18(22)12-20-8-9-23-2/h3-7,10-11,20H,8-9,12H2,1-2H3,(H,21,22). The third-order valence-corrected chi connectivity index (χ3v) is 3.66. The Balaban J connectivity index is 2.01.